The van der Waals surface area contributed by atoms with E-state index in [-0.39, 0.29) is 0 Å². The summed E-state index contributed by atoms with van der Waals surface area (Å²) in [5.41, 5.74) is 10.8. The van der Waals surface area contributed by atoms with Gasteiger partial charge in [0, 0.05) is 12.4 Å². The number of nitrogens with one attached hydrogen (secondary N) is 1. The smallest absolute Gasteiger partial charge is 0.320 e. The molecule has 0 bridgehead atoms. The summed E-state index contributed by atoms with van der Waals surface area (Å²) in [7, 11) is 0. The lowest BCUT2D eigenvalue weighted by molar-refractivity contribution is 0.236. The topological polar surface area (TPSA) is 124 Å². The first-order valence-electron chi connectivity index (χ1n) is 4.61. The molecular weight excluding hydrogens is 222 g/mol. The van der Waals surface area contributed by atoms with Gasteiger partial charge in [0.25, 0.3) is 0 Å². The van der Waals surface area contributed by atoms with Gasteiger partial charge >= 0.3 is 12.1 Å². The molecule has 1 heterocycles. The summed E-state index contributed by atoms with van der Waals surface area (Å²) in [6.45, 7) is 0. The van der Waals surface area contributed by atoms with E-state index in [4.69, 9.17) is 0 Å². The Bertz CT molecular complexity index is 451. The van der Waals surface area contributed by atoms with Gasteiger partial charge in [0.15, 0.2) is 0 Å². The highest BCUT2D eigenvalue weighted by Gasteiger charge is 1.92. The first kappa shape index (κ1) is 12.4. The number of carbonyl (C=O) groups excluding carboxylic acids is 2. The zero-order valence-electron chi connectivity index (χ0n) is 8.83. The van der Waals surface area contributed by atoms with Crippen molar-refractivity contribution >= 4 is 23.1 Å². The summed E-state index contributed by atoms with van der Waals surface area (Å²) in [6.07, 6.45) is 3.39. The lowest BCUT2D eigenvalue weighted by Crippen LogP contribution is -2.38. The zero-order valence-corrected chi connectivity index (χ0v) is 8.83. The zero-order chi connectivity index (χ0) is 12.7. The number of nitrogens with two attached hydrogens (primary N) is 2. The molecule has 7 heteroatoms. The summed E-state index contributed by atoms with van der Waals surface area (Å²) >= 11 is 0. The molecule has 0 aliphatic rings. The molecule has 5 N–H and O–H groups in total. The van der Waals surface area contributed by atoms with Crippen molar-refractivity contribution in [3.8, 4) is 0 Å². The first-order valence-corrected chi connectivity index (χ1v) is 4.61. The SMILES string of the molecule is NC(=O)NC(N)=O.c1ccc2nccnc2c1. The van der Waals surface area contributed by atoms with Crippen LogP contribution in [0.5, 0.6) is 0 Å². The maximum atomic E-state index is 9.62. The molecule has 0 saturated heterocycles. The lowest BCUT2D eigenvalue weighted by atomic mass is 10.3. The minimum absolute atomic E-state index is 0.937. The number of amides is 4. The van der Waals surface area contributed by atoms with Crippen LogP contribution in [0.1, 0.15) is 0 Å². The molecule has 88 valence electrons. The third kappa shape index (κ3) is 4.56. The Morgan fingerprint density at radius 1 is 0.941 bits per heavy atom. The fourth-order valence-electron chi connectivity index (χ4n) is 1.03. The standard InChI is InChI=1S/C8H6N2.C2H5N3O2/c1-2-4-8-7(3-1)9-5-6-10-8;3-1(6)5-2(4)7/h1-6H;(H5,3,4,5,6,7). The minimum Gasteiger partial charge on any atom is -0.351 e. The molecule has 0 aliphatic heterocycles. The number of aromatic nitrogens is 2. The average molecular weight is 233 g/mol. The summed E-state index contributed by atoms with van der Waals surface area (Å²) in [4.78, 5) is 27.5. The molecule has 1 aromatic carbocycles. The van der Waals surface area contributed by atoms with Crippen LogP contribution in [0.3, 0.4) is 0 Å². The van der Waals surface area contributed by atoms with Crippen molar-refractivity contribution in [2.75, 3.05) is 0 Å². The third-order valence-electron chi connectivity index (χ3n) is 1.62. The van der Waals surface area contributed by atoms with E-state index in [1.165, 1.54) is 0 Å². The van der Waals surface area contributed by atoms with E-state index in [2.05, 4.69) is 21.4 Å². The monoisotopic (exact) mass is 233 g/mol. The molecule has 0 atom stereocenters. The summed E-state index contributed by atoms with van der Waals surface area (Å²) in [5.74, 6) is 0. The summed E-state index contributed by atoms with van der Waals surface area (Å²) in [5, 5.41) is 1.58. The molecule has 0 aliphatic carbocycles. The van der Waals surface area contributed by atoms with Crippen LogP contribution < -0.4 is 16.8 Å². The van der Waals surface area contributed by atoms with Gasteiger partial charge in [0.05, 0.1) is 11.0 Å². The van der Waals surface area contributed by atoms with E-state index < -0.39 is 12.1 Å². The molecule has 7 nitrogen and oxygen atoms in total. The van der Waals surface area contributed by atoms with Gasteiger partial charge < -0.3 is 11.5 Å². The second kappa shape index (κ2) is 6.01. The van der Waals surface area contributed by atoms with Gasteiger partial charge in [0.1, 0.15) is 0 Å². The molecule has 0 fully saturated rings. The van der Waals surface area contributed by atoms with Gasteiger partial charge in [-0.05, 0) is 12.1 Å². The number of benzene rings is 1. The molecule has 2 aromatic rings. The Hall–Kier alpha value is -2.70. The average Bonchev–Trinajstić information content (AvgIpc) is 2.28. The number of imide groups is 1. The van der Waals surface area contributed by atoms with Crippen LogP contribution in [0, 0.1) is 0 Å². The van der Waals surface area contributed by atoms with Crippen LogP contribution in [0.2, 0.25) is 0 Å². The number of rotatable bonds is 0. The maximum absolute atomic E-state index is 9.62. The van der Waals surface area contributed by atoms with Crippen LogP contribution >= 0.6 is 0 Å². The number of nitrogens with zero attached hydrogens (tertiary/aromatic N) is 2. The van der Waals surface area contributed by atoms with Crippen LogP contribution in [0.4, 0.5) is 9.59 Å². The van der Waals surface area contributed by atoms with Crippen molar-refractivity contribution in [3.63, 3.8) is 0 Å². The molecule has 2 rings (SSSR count). The highest BCUT2D eigenvalue weighted by Crippen LogP contribution is 2.04. The number of hydrogen-bond donors (Lipinski definition) is 3. The second-order valence-electron chi connectivity index (χ2n) is 2.90. The quantitative estimate of drug-likeness (QED) is 0.607. The van der Waals surface area contributed by atoms with Gasteiger partial charge in [-0.2, -0.15) is 0 Å². The number of hydrogen-bond acceptors (Lipinski definition) is 4. The largest absolute Gasteiger partial charge is 0.351 e. The van der Waals surface area contributed by atoms with E-state index >= 15 is 0 Å². The molecule has 0 saturated carbocycles. The van der Waals surface area contributed by atoms with Crippen LogP contribution in [-0.2, 0) is 0 Å². The Labute approximate surface area is 96.8 Å². The number of fused-ring (bicyclic) bond motifs is 1. The molecule has 0 radical (unpaired) electrons. The molecule has 1 aromatic heterocycles. The molecular formula is C10H11N5O2. The predicted molar refractivity (Wildman–Crippen MR) is 61.8 cm³/mol. The van der Waals surface area contributed by atoms with Crippen molar-refractivity contribution < 1.29 is 9.59 Å². The third-order valence-corrected chi connectivity index (χ3v) is 1.62. The van der Waals surface area contributed by atoms with Gasteiger partial charge in [-0.3, -0.25) is 15.3 Å². The fourth-order valence-corrected chi connectivity index (χ4v) is 1.03. The number of para-hydroxylation sites is 2. The van der Waals surface area contributed by atoms with E-state index in [1.54, 1.807) is 17.7 Å². The highest BCUT2D eigenvalue weighted by atomic mass is 16.2. The van der Waals surface area contributed by atoms with Crippen molar-refractivity contribution in [1.29, 1.82) is 0 Å². The van der Waals surface area contributed by atoms with Crippen LogP contribution in [0.25, 0.3) is 11.0 Å². The van der Waals surface area contributed by atoms with Crippen LogP contribution in [-0.4, -0.2) is 22.0 Å². The summed E-state index contributed by atoms with van der Waals surface area (Å²) < 4.78 is 0. The van der Waals surface area contributed by atoms with Crippen molar-refractivity contribution in [2.45, 2.75) is 0 Å². The lowest BCUT2D eigenvalue weighted by Gasteiger charge is -1.90. The molecule has 0 spiro atoms. The Morgan fingerprint density at radius 2 is 1.35 bits per heavy atom. The Balaban J connectivity index is 0.000000185. The number of carbonyl (C=O) groups is 2. The Morgan fingerprint density at radius 3 is 1.65 bits per heavy atom. The second-order valence-corrected chi connectivity index (χ2v) is 2.90. The minimum atomic E-state index is -0.938. The van der Waals surface area contributed by atoms with E-state index in [0.29, 0.717) is 0 Å². The van der Waals surface area contributed by atoms with Gasteiger partial charge in [-0.15, -0.1) is 0 Å². The van der Waals surface area contributed by atoms with Crippen molar-refractivity contribution in [1.82, 2.24) is 15.3 Å². The number of primary amides is 2. The summed E-state index contributed by atoms with van der Waals surface area (Å²) in [6, 6.07) is 5.93. The van der Waals surface area contributed by atoms with Crippen LogP contribution in [0.15, 0.2) is 36.7 Å². The highest BCUT2D eigenvalue weighted by molar-refractivity contribution is 5.91. The van der Waals surface area contributed by atoms with Gasteiger partial charge in [-0.1, -0.05) is 12.1 Å². The molecule has 0 unspecified atom stereocenters. The van der Waals surface area contributed by atoms with E-state index in [9.17, 15) is 9.59 Å². The Kier molecular flexibility index (Phi) is 4.37. The maximum Gasteiger partial charge on any atom is 0.320 e. The molecule has 17 heavy (non-hydrogen) atoms. The van der Waals surface area contributed by atoms with E-state index in [1.807, 2.05) is 24.3 Å². The molecule has 4 amide bonds. The van der Waals surface area contributed by atoms with Crippen molar-refractivity contribution in [2.24, 2.45) is 11.5 Å². The first-order chi connectivity index (χ1) is 8.09. The van der Waals surface area contributed by atoms with Gasteiger partial charge in [0.2, 0.25) is 0 Å². The number of urea groups is 2. The predicted octanol–water partition coefficient (Wildman–Crippen LogP) is 0.363. The normalized spacial score (nSPS) is 8.94. The van der Waals surface area contributed by atoms with Gasteiger partial charge in [-0.25, -0.2) is 9.59 Å². The van der Waals surface area contributed by atoms with Crippen molar-refractivity contribution in [3.05, 3.63) is 36.7 Å². The van der Waals surface area contributed by atoms with E-state index in [0.717, 1.165) is 11.0 Å². The fraction of sp³-hybridized carbons (Fsp3) is 0.